The molecule has 0 radical (unpaired) electrons. The van der Waals surface area contributed by atoms with Crippen LogP contribution in [0.5, 0.6) is 0 Å². The maximum Gasteiger partial charge on any atom is 0.320 e. The molecule has 0 fully saturated rings. The Hall–Kier alpha value is -0.460. The van der Waals surface area contributed by atoms with E-state index >= 15 is 0 Å². The van der Waals surface area contributed by atoms with E-state index in [4.69, 9.17) is 10.8 Å². The van der Waals surface area contributed by atoms with Crippen LogP contribution in [0.3, 0.4) is 0 Å². The van der Waals surface area contributed by atoms with Gasteiger partial charge in [0.1, 0.15) is 15.2 Å². The number of rotatable bonds is 3. The fraction of sp³-hybridized carbons (Fsp3) is 0.250. The van der Waals surface area contributed by atoms with Crippen molar-refractivity contribution in [2.24, 2.45) is 5.73 Å². The van der Waals surface area contributed by atoms with Crippen LogP contribution in [0.25, 0.3) is 0 Å². The smallest absolute Gasteiger partial charge is 0.320 e. The van der Waals surface area contributed by atoms with Crippen LogP contribution in [0.1, 0.15) is 5.56 Å². The van der Waals surface area contributed by atoms with Gasteiger partial charge in [0.15, 0.2) is 0 Å². The third-order valence-corrected chi connectivity index (χ3v) is 2.41. The lowest BCUT2D eigenvalue weighted by Crippen LogP contribution is -2.32. The van der Waals surface area contributed by atoms with Crippen molar-refractivity contribution in [3.63, 3.8) is 0 Å². The molecule has 0 saturated carbocycles. The lowest BCUT2D eigenvalue weighted by molar-refractivity contribution is -0.138. The summed E-state index contributed by atoms with van der Waals surface area (Å²) in [6.45, 7) is 0. The van der Waals surface area contributed by atoms with Crippen molar-refractivity contribution in [2.75, 3.05) is 0 Å². The number of pyridine rings is 1. The van der Waals surface area contributed by atoms with E-state index in [0.717, 1.165) is 5.56 Å². The van der Waals surface area contributed by atoms with Crippen LogP contribution < -0.4 is 5.73 Å². The quantitative estimate of drug-likeness (QED) is 0.828. The van der Waals surface area contributed by atoms with Crippen LogP contribution in [-0.4, -0.2) is 22.1 Å². The van der Waals surface area contributed by atoms with Crippen molar-refractivity contribution >= 4 is 37.8 Å². The molecule has 0 spiro atoms. The maximum absolute atomic E-state index is 10.5. The van der Waals surface area contributed by atoms with Crippen LogP contribution >= 0.6 is 31.9 Å². The summed E-state index contributed by atoms with van der Waals surface area (Å²) < 4.78 is 1.30. The van der Waals surface area contributed by atoms with Gasteiger partial charge in [-0.2, -0.15) is 0 Å². The van der Waals surface area contributed by atoms with Gasteiger partial charge in [-0.15, -0.1) is 0 Å². The molecular weight excluding hydrogens is 316 g/mol. The zero-order valence-corrected chi connectivity index (χ0v) is 10.2. The van der Waals surface area contributed by atoms with Gasteiger partial charge in [0.25, 0.3) is 0 Å². The molecule has 14 heavy (non-hydrogen) atoms. The first-order valence-corrected chi connectivity index (χ1v) is 5.38. The molecule has 1 aromatic heterocycles. The average molecular weight is 324 g/mol. The van der Waals surface area contributed by atoms with E-state index in [1.807, 2.05) is 0 Å². The molecular formula is C8H8Br2N2O2. The first kappa shape index (κ1) is 11.6. The molecule has 6 heteroatoms. The Balaban J connectivity index is 2.81. The number of carboxylic acid groups (broad SMARTS) is 1. The third-order valence-electron chi connectivity index (χ3n) is 1.60. The highest BCUT2D eigenvalue weighted by atomic mass is 79.9. The predicted molar refractivity (Wildman–Crippen MR) is 59.0 cm³/mol. The van der Waals surface area contributed by atoms with Gasteiger partial charge in [-0.25, -0.2) is 4.98 Å². The van der Waals surface area contributed by atoms with E-state index in [9.17, 15) is 4.79 Å². The van der Waals surface area contributed by atoms with Gasteiger partial charge >= 0.3 is 5.97 Å². The third kappa shape index (κ3) is 3.36. The maximum atomic E-state index is 10.5. The van der Waals surface area contributed by atoms with Gasteiger partial charge in [0, 0.05) is 0 Å². The Morgan fingerprint density at radius 2 is 2.00 bits per heavy atom. The van der Waals surface area contributed by atoms with Gasteiger partial charge in [0.05, 0.1) is 0 Å². The molecule has 0 amide bonds. The minimum Gasteiger partial charge on any atom is -0.480 e. The van der Waals surface area contributed by atoms with E-state index in [-0.39, 0.29) is 6.42 Å². The lowest BCUT2D eigenvalue weighted by Gasteiger charge is -2.06. The standard InChI is InChI=1S/C8H8Br2N2O2/c9-6-2-4(3-7(10)12-6)1-5(11)8(13)14/h2-3,5H,1,11H2,(H,13,14). The molecule has 3 N–H and O–H groups in total. The normalized spacial score (nSPS) is 12.5. The Morgan fingerprint density at radius 3 is 2.43 bits per heavy atom. The highest BCUT2D eigenvalue weighted by Gasteiger charge is 2.12. The van der Waals surface area contributed by atoms with E-state index < -0.39 is 12.0 Å². The summed E-state index contributed by atoms with van der Waals surface area (Å²) >= 11 is 6.42. The van der Waals surface area contributed by atoms with Crippen LogP contribution in [0.2, 0.25) is 0 Å². The number of carboxylic acids is 1. The van der Waals surface area contributed by atoms with E-state index in [1.165, 1.54) is 0 Å². The summed E-state index contributed by atoms with van der Waals surface area (Å²) in [4.78, 5) is 14.5. The number of nitrogens with zero attached hydrogens (tertiary/aromatic N) is 1. The molecule has 0 saturated heterocycles. The molecule has 0 aliphatic heterocycles. The Labute approximate surface area is 97.8 Å². The van der Waals surface area contributed by atoms with Crippen molar-refractivity contribution in [2.45, 2.75) is 12.5 Å². The summed E-state index contributed by atoms with van der Waals surface area (Å²) in [6.07, 6.45) is 0.287. The first-order chi connectivity index (χ1) is 6.49. The summed E-state index contributed by atoms with van der Waals surface area (Å²) in [5.41, 5.74) is 6.23. The van der Waals surface area contributed by atoms with Crippen LogP contribution in [-0.2, 0) is 11.2 Å². The van der Waals surface area contributed by atoms with Gasteiger partial charge in [-0.1, -0.05) is 0 Å². The minimum atomic E-state index is -1.01. The predicted octanol–water partition coefficient (Wildman–Crippen LogP) is 1.56. The monoisotopic (exact) mass is 322 g/mol. The summed E-state index contributed by atoms with van der Waals surface area (Å²) in [6, 6.07) is 2.61. The first-order valence-electron chi connectivity index (χ1n) is 3.79. The summed E-state index contributed by atoms with van der Waals surface area (Å²) in [7, 11) is 0. The number of aliphatic carboxylic acids is 1. The topological polar surface area (TPSA) is 76.2 Å². The highest BCUT2D eigenvalue weighted by Crippen LogP contribution is 2.16. The van der Waals surface area contributed by atoms with Crippen LogP contribution in [0, 0.1) is 0 Å². The molecule has 0 bridgehead atoms. The average Bonchev–Trinajstić information content (AvgIpc) is 2.01. The Bertz CT molecular complexity index is 337. The number of aromatic nitrogens is 1. The number of halogens is 2. The van der Waals surface area contributed by atoms with Gasteiger partial charge in [-0.3, -0.25) is 4.79 Å². The molecule has 1 atom stereocenters. The SMILES string of the molecule is NC(Cc1cc(Br)nc(Br)c1)C(=O)O. The van der Waals surface area contributed by atoms with Gasteiger partial charge in [-0.05, 0) is 56.0 Å². The molecule has 1 aromatic rings. The fourth-order valence-electron chi connectivity index (χ4n) is 0.973. The molecule has 0 aliphatic carbocycles. The highest BCUT2D eigenvalue weighted by molar-refractivity contribution is 9.11. The molecule has 76 valence electrons. The van der Waals surface area contributed by atoms with Crippen LogP contribution in [0.15, 0.2) is 21.3 Å². The second kappa shape index (κ2) is 4.86. The zero-order chi connectivity index (χ0) is 10.7. The van der Waals surface area contributed by atoms with Crippen molar-refractivity contribution < 1.29 is 9.90 Å². The Morgan fingerprint density at radius 1 is 1.50 bits per heavy atom. The van der Waals surface area contributed by atoms with E-state index in [2.05, 4.69) is 36.8 Å². The second-order valence-electron chi connectivity index (χ2n) is 2.77. The van der Waals surface area contributed by atoms with Gasteiger partial charge < -0.3 is 10.8 Å². The minimum absolute atomic E-state index is 0.287. The molecule has 0 aromatic carbocycles. The fourth-order valence-corrected chi connectivity index (χ4v) is 2.18. The molecule has 4 nitrogen and oxygen atoms in total. The molecule has 1 heterocycles. The number of carbonyl (C=O) groups is 1. The lowest BCUT2D eigenvalue weighted by atomic mass is 10.1. The number of hydrogen-bond donors (Lipinski definition) is 2. The molecule has 1 rings (SSSR count). The Kier molecular flexibility index (Phi) is 4.03. The summed E-state index contributed by atoms with van der Waals surface area (Å²) in [5, 5.41) is 8.62. The van der Waals surface area contributed by atoms with Crippen molar-refractivity contribution in [3.05, 3.63) is 26.9 Å². The molecule has 0 aliphatic rings. The number of nitrogens with two attached hydrogens (primary N) is 1. The summed E-state index contributed by atoms with van der Waals surface area (Å²) in [5.74, 6) is -1.01. The van der Waals surface area contributed by atoms with E-state index in [0.29, 0.717) is 9.21 Å². The van der Waals surface area contributed by atoms with E-state index in [1.54, 1.807) is 12.1 Å². The zero-order valence-electron chi connectivity index (χ0n) is 7.08. The van der Waals surface area contributed by atoms with Crippen molar-refractivity contribution in [1.29, 1.82) is 0 Å². The van der Waals surface area contributed by atoms with Gasteiger partial charge in [0.2, 0.25) is 0 Å². The van der Waals surface area contributed by atoms with Crippen LogP contribution in [0.4, 0.5) is 0 Å². The van der Waals surface area contributed by atoms with Crippen molar-refractivity contribution in [1.82, 2.24) is 4.98 Å². The number of hydrogen-bond acceptors (Lipinski definition) is 3. The van der Waals surface area contributed by atoms with Crippen molar-refractivity contribution in [3.8, 4) is 0 Å². The second-order valence-corrected chi connectivity index (χ2v) is 4.39. The molecule has 1 unspecified atom stereocenters. The largest absolute Gasteiger partial charge is 0.480 e.